The highest BCUT2D eigenvalue weighted by Gasteiger charge is 2.35. The highest BCUT2D eigenvalue weighted by atomic mass is 19.1. The first-order valence-corrected chi connectivity index (χ1v) is 4.61. The third-order valence-electron chi connectivity index (χ3n) is 2.69. The average molecular weight is 196 g/mol. The van der Waals surface area contributed by atoms with Gasteiger partial charge in [-0.05, 0) is 19.0 Å². The Morgan fingerprint density at radius 1 is 1.50 bits per heavy atom. The lowest BCUT2D eigenvalue weighted by molar-refractivity contribution is 0.0593. The van der Waals surface area contributed by atoms with Crippen molar-refractivity contribution in [2.24, 2.45) is 0 Å². The zero-order valence-corrected chi connectivity index (χ0v) is 7.76. The maximum atomic E-state index is 13.1. The minimum absolute atomic E-state index is 0.0544. The summed E-state index contributed by atoms with van der Waals surface area (Å²) in [4.78, 5) is 0. The number of nitrogens with two attached hydrogens (primary N) is 1. The average Bonchev–Trinajstić information content (AvgIpc) is 2.58. The smallest absolute Gasteiger partial charge is 0.146 e. The van der Waals surface area contributed by atoms with Gasteiger partial charge in [0.15, 0.2) is 0 Å². The maximum Gasteiger partial charge on any atom is 0.146 e. The lowest BCUT2D eigenvalue weighted by atomic mass is 9.91. The Labute approximate surface area is 81.7 Å². The summed E-state index contributed by atoms with van der Waals surface area (Å²) in [7, 11) is 0. The van der Waals surface area contributed by atoms with Crippen LogP contribution < -0.4 is 11.1 Å². The van der Waals surface area contributed by atoms with E-state index in [1.54, 1.807) is 12.1 Å². The fourth-order valence-electron chi connectivity index (χ4n) is 1.85. The van der Waals surface area contributed by atoms with Crippen molar-refractivity contribution in [3.05, 3.63) is 29.6 Å². The Balaban J connectivity index is 2.45. The fraction of sp³-hybridized carbons (Fsp3) is 0.400. The lowest BCUT2D eigenvalue weighted by Crippen LogP contribution is -2.29. The molecule has 1 aromatic rings. The summed E-state index contributed by atoms with van der Waals surface area (Å²) in [6.07, 6.45) is 0.570. The largest absolute Gasteiger partial charge is 0.396 e. The number of benzene rings is 1. The Morgan fingerprint density at radius 2 is 2.29 bits per heavy atom. The summed E-state index contributed by atoms with van der Waals surface area (Å²) >= 11 is 0. The molecule has 0 amide bonds. The van der Waals surface area contributed by atoms with Gasteiger partial charge in [0.25, 0.3) is 0 Å². The molecular formula is C10H13FN2O. The molecule has 1 saturated heterocycles. The van der Waals surface area contributed by atoms with Gasteiger partial charge in [0, 0.05) is 12.1 Å². The highest BCUT2D eigenvalue weighted by Crippen LogP contribution is 2.32. The van der Waals surface area contributed by atoms with Crippen LogP contribution in [0.2, 0.25) is 0 Å². The van der Waals surface area contributed by atoms with Crippen LogP contribution in [-0.2, 0) is 5.60 Å². The summed E-state index contributed by atoms with van der Waals surface area (Å²) in [5, 5.41) is 13.2. The number of aliphatic hydroxyl groups is 1. The molecule has 76 valence electrons. The van der Waals surface area contributed by atoms with E-state index < -0.39 is 11.4 Å². The lowest BCUT2D eigenvalue weighted by Gasteiger charge is -2.23. The number of β-amino-alcohol motifs (C(OH)–C–C–N with tert-alkyl or cyclic N) is 1. The van der Waals surface area contributed by atoms with Gasteiger partial charge in [0.1, 0.15) is 11.4 Å². The predicted octanol–water partition coefficient (Wildman–Crippen LogP) is 0.589. The van der Waals surface area contributed by atoms with Crippen LogP contribution in [0.5, 0.6) is 0 Å². The van der Waals surface area contributed by atoms with Gasteiger partial charge in [0.05, 0.1) is 5.69 Å². The molecule has 1 aromatic carbocycles. The summed E-state index contributed by atoms with van der Waals surface area (Å²) in [6.45, 7) is 1.16. The quantitative estimate of drug-likeness (QED) is 0.576. The van der Waals surface area contributed by atoms with Crippen LogP contribution in [0.25, 0.3) is 0 Å². The van der Waals surface area contributed by atoms with Crippen molar-refractivity contribution in [1.29, 1.82) is 0 Å². The van der Waals surface area contributed by atoms with Gasteiger partial charge >= 0.3 is 0 Å². The topological polar surface area (TPSA) is 58.3 Å². The van der Waals surface area contributed by atoms with Crippen molar-refractivity contribution < 1.29 is 9.50 Å². The molecule has 14 heavy (non-hydrogen) atoms. The molecule has 1 aliphatic rings. The molecule has 0 radical (unpaired) electrons. The van der Waals surface area contributed by atoms with E-state index in [9.17, 15) is 9.50 Å². The summed E-state index contributed by atoms with van der Waals surface area (Å²) in [6, 6.07) is 4.54. The van der Waals surface area contributed by atoms with Gasteiger partial charge in [-0.25, -0.2) is 4.39 Å². The molecule has 1 atom stereocenters. The van der Waals surface area contributed by atoms with Crippen molar-refractivity contribution in [2.75, 3.05) is 18.8 Å². The molecule has 0 saturated carbocycles. The van der Waals surface area contributed by atoms with Crippen molar-refractivity contribution in [1.82, 2.24) is 5.32 Å². The number of nitrogen functional groups attached to an aromatic ring is 1. The Morgan fingerprint density at radius 3 is 2.93 bits per heavy atom. The van der Waals surface area contributed by atoms with Crippen molar-refractivity contribution in [3.8, 4) is 0 Å². The third-order valence-corrected chi connectivity index (χ3v) is 2.69. The van der Waals surface area contributed by atoms with Crippen molar-refractivity contribution >= 4 is 5.69 Å². The molecule has 1 aliphatic heterocycles. The number of nitrogens with one attached hydrogen (secondary N) is 1. The highest BCUT2D eigenvalue weighted by molar-refractivity contribution is 5.51. The van der Waals surface area contributed by atoms with E-state index in [-0.39, 0.29) is 5.69 Å². The van der Waals surface area contributed by atoms with E-state index in [0.29, 0.717) is 18.5 Å². The maximum absolute atomic E-state index is 13.1. The van der Waals surface area contributed by atoms with Crippen LogP contribution >= 0.6 is 0 Å². The number of hydrogen-bond donors (Lipinski definition) is 3. The number of para-hydroxylation sites is 1. The Hall–Kier alpha value is -1.13. The number of rotatable bonds is 1. The molecular weight excluding hydrogens is 183 g/mol. The molecule has 1 fully saturated rings. The van der Waals surface area contributed by atoms with Gasteiger partial charge < -0.3 is 16.2 Å². The van der Waals surface area contributed by atoms with E-state index in [4.69, 9.17) is 5.73 Å². The molecule has 4 heteroatoms. The predicted molar refractivity (Wildman–Crippen MR) is 52.2 cm³/mol. The SMILES string of the molecule is Nc1c(F)cccc1C1(O)CCNC1. The summed E-state index contributed by atoms with van der Waals surface area (Å²) in [5.41, 5.74) is 5.12. The van der Waals surface area contributed by atoms with Crippen LogP contribution in [0.1, 0.15) is 12.0 Å². The molecule has 1 unspecified atom stereocenters. The van der Waals surface area contributed by atoms with Crippen LogP contribution in [0.3, 0.4) is 0 Å². The van der Waals surface area contributed by atoms with Crippen LogP contribution in [0.15, 0.2) is 18.2 Å². The van der Waals surface area contributed by atoms with E-state index >= 15 is 0 Å². The molecule has 0 spiro atoms. The summed E-state index contributed by atoms with van der Waals surface area (Å²) < 4.78 is 13.1. The number of halogens is 1. The van der Waals surface area contributed by atoms with Crippen LogP contribution in [0, 0.1) is 5.82 Å². The molecule has 0 aromatic heterocycles. The second kappa shape index (κ2) is 3.22. The van der Waals surface area contributed by atoms with E-state index in [1.165, 1.54) is 6.07 Å². The van der Waals surface area contributed by atoms with Crippen LogP contribution in [-0.4, -0.2) is 18.2 Å². The molecule has 4 N–H and O–H groups in total. The van der Waals surface area contributed by atoms with E-state index in [2.05, 4.69) is 5.32 Å². The van der Waals surface area contributed by atoms with Crippen LogP contribution in [0.4, 0.5) is 10.1 Å². The zero-order chi connectivity index (χ0) is 10.2. The third kappa shape index (κ3) is 1.36. The summed E-state index contributed by atoms with van der Waals surface area (Å²) in [5.74, 6) is -0.470. The van der Waals surface area contributed by atoms with Gasteiger partial charge in [-0.2, -0.15) is 0 Å². The fourth-order valence-corrected chi connectivity index (χ4v) is 1.85. The van der Waals surface area contributed by atoms with E-state index in [1.807, 2.05) is 0 Å². The van der Waals surface area contributed by atoms with Gasteiger partial charge in [-0.15, -0.1) is 0 Å². The molecule has 3 nitrogen and oxygen atoms in total. The molecule has 0 aliphatic carbocycles. The van der Waals surface area contributed by atoms with Gasteiger partial charge in [-0.3, -0.25) is 0 Å². The Bertz CT molecular complexity index is 348. The molecule has 0 bridgehead atoms. The van der Waals surface area contributed by atoms with Gasteiger partial charge in [0.2, 0.25) is 0 Å². The van der Waals surface area contributed by atoms with Crippen molar-refractivity contribution in [2.45, 2.75) is 12.0 Å². The van der Waals surface area contributed by atoms with E-state index in [0.717, 1.165) is 6.54 Å². The first kappa shape index (κ1) is 9.43. The molecule has 1 heterocycles. The second-order valence-electron chi connectivity index (χ2n) is 3.66. The first-order chi connectivity index (χ1) is 6.63. The monoisotopic (exact) mass is 196 g/mol. The normalized spacial score (nSPS) is 26.7. The Kier molecular flexibility index (Phi) is 2.17. The first-order valence-electron chi connectivity index (χ1n) is 4.61. The standard InChI is InChI=1S/C10H13FN2O/c11-8-3-1-2-7(9(8)12)10(14)4-5-13-6-10/h1-3,13-14H,4-6,12H2. The number of hydrogen-bond acceptors (Lipinski definition) is 3. The molecule has 2 rings (SSSR count). The van der Waals surface area contributed by atoms with Crippen molar-refractivity contribution in [3.63, 3.8) is 0 Å². The zero-order valence-electron chi connectivity index (χ0n) is 7.76. The minimum atomic E-state index is -1.01. The minimum Gasteiger partial charge on any atom is -0.396 e. The van der Waals surface area contributed by atoms with Gasteiger partial charge in [-0.1, -0.05) is 12.1 Å². The number of anilines is 1. The second-order valence-corrected chi connectivity index (χ2v) is 3.66.